The van der Waals surface area contributed by atoms with Gasteiger partial charge in [-0.3, -0.25) is 0 Å². The topological polar surface area (TPSA) is 20.2 Å². The van der Waals surface area contributed by atoms with Crippen LogP contribution in [0.2, 0.25) is 0 Å². The van der Waals surface area contributed by atoms with Gasteiger partial charge in [0, 0.05) is 11.1 Å². The molecule has 1 N–H and O–H groups in total. The molecule has 0 aliphatic rings. The molecular weight excluding hydrogens is 408 g/mol. The molecular formula is C26H23BrO. The molecule has 0 spiro atoms. The summed E-state index contributed by atoms with van der Waals surface area (Å²) < 4.78 is 0. The third-order valence-electron chi connectivity index (χ3n) is 4.96. The van der Waals surface area contributed by atoms with Gasteiger partial charge in [0.1, 0.15) is 5.75 Å². The minimum atomic E-state index is 0. The summed E-state index contributed by atoms with van der Waals surface area (Å²) in [5, 5.41) is 11.0. The number of benzene rings is 4. The van der Waals surface area contributed by atoms with Crippen molar-refractivity contribution in [3.63, 3.8) is 0 Å². The highest BCUT2D eigenvalue weighted by Gasteiger charge is 2.20. The lowest BCUT2D eigenvalue weighted by atomic mass is 9.83. The molecule has 0 atom stereocenters. The highest BCUT2D eigenvalue weighted by molar-refractivity contribution is 8.93. The minimum Gasteiger partial charge on any atom is -0.507 e. The van der Waals surface area contributed by atoms with Crippen LogP contribution in [0.5, 0.6) is 5.75 Å². The normalized spacial score (nSPS) is 10.3. The third-order valence-corrected chi connectivity index (χ3v) is 4.96. The van der Waals surface area contributed by atoms with Gasteiger partial charge in [0.15, 0.2) is 0 Å². The molecule has 0 aliphatic carbocycles. The summed E-state index contributed by atoms with van der Waals surface area (Å²) in [5.74, 6) is 0.330. The van der Waals surface area contributed by atoms with Crippen LogP contribution in [0.1, 0.15) is 12.5 Å². The zero-order valence-corrected chi connectivity index (χ0v) is 17.5. The van der Waals surface area contributed by atoms with Crippen LogP contribution in [0.25, 0.3) is 33.4 Å². The Morgan fingerprint density at radius 1 is 0.571 bits per heavy atom. The van der Waals surface area contributed by atoms with Gasteiger partial charge in [0.25, 0.3) is 0 Å². The molecule has 4 aromatic rings. The number of phenols is 1. The first-order chi connectivity index (χ1) is 13.3. The summed E-state index contributed by atoms with van der Waals surface area (Å²) in [4.78, 5) is 0. The Labute approximate surface area is 177 Å². The van der Waals surface area contributed by atoms with Gasteiger partial charge in [-0.2, -0.15) is 0 Å². The largest absolute Gasteiger partial charge is 0.507 e. The highest BCUT2D eigenvalue weighted by Crippen LogP contribution is 2.46. The Bertz CT molecular complexity index is 1040. The smallest absolute Gasteiger partial charge is 0.124 e. The van der Waals surface area contributed by atoms with Crippen LogP contribution in [-0.2, 0) is 6.42 Å². The number of phenolic OH excluding ortho intramolecular Hbond substituents is 1. The number of rotatable bonds is 4. The molecule has 28 heavy (non-hydrogen) atoms. The maximum atomic E-state index is 11.0. The summed E-state index contributed by atoms with van der Waals surface area (Å²) in [6, 6.07) is 32.9. The molecule has 0 saturated carbocycles. The van der Waals surface area contributed by atoms with Gasteiger partial charge in [-0.05, 0) is 40.3 Å². The summed E-state index contributed by atoms with van der Waals surface area (Å²) in [6.45, 7) is 2.14. The van der Waals surface area contributed by atoms with E-state index in [4.69, 9.17) is 0 Å². The first kappa shape index (κ1) is 19.9. The third kappa shape index (κ3) is 3.74. The average Bonchev–Trinajstić information content (AvgIpc) is 2.74. The minimum absolute atomic E-state index is 0. The fraction of sp³-hybridized carbons (Fsp3) is 0.0769. The Hall–Kier alpha value is -2.84. The predicted molar refractivity (Wildman–Crippen MR) is 124 cm³/mol. The second-order valence-corrected chi connectivity index (χ2v) is 6.63. The van der Waals surface area contributed by atoms with Gasteiger partial charge in [-0.25, -0.2) is 0 Å². The van der Waals surface area contributed by atoms with E-state index in [1.54, 1.807) is 0 Å². The summed E-state index contributed by atoms with van der Waals surface area (Å²) in [7, 11) is 0. The van der Waals surface area contributed by atoms with E-state index in [-0.39, 0.29) is 17.0 Å². The van der Waals surface area contributed by atoms with Crippen LogP contribution in [0.4, 0.5) is 0 Å². The lowest BCUT2D eigenvalue weighted by Crippen LogP contribution is -1.96. The first-order valence-electron chi connectivity index (χ1n) is 9.34. The molecule has 2 heteroatoms. The van der Waals surface area contributed by atoms with E-state index >= 15 is 0 Å². The van der Waals surface area contributed by atoms with Crippen LogP contribution in [-0.4, -0.2) is 5.11 Å². The molecule has 140 valence electrons. The number of aromatic hydroxyl groups is 1. The van der Waals surface area contributed by atoms with E-state index in [9.17, 15) is 5.11 Å². The number of hydrogen-bond donors (Lipinski definition) is 1. The predicted octanol–water partition coefficient (Wildman–Crippen LogP) is 7.53. The van der Waals surface area contributed by atoms with Crippen LogP contribution in [0, 0.1) is 0 Å². The second kappa shape index (κ2) is 8.90. The van der Waals surface area contributed by atoms with Crippen molar-refractivity contribution in [2.75, 3.05) is 0 Å². The summed E-state index contributed by atoms with van der Waals surface area (Å²) >= 11 is 0. The zero-order valence-electron chi connectivity index (χ0n) is 15.8. The van der Waals surface area contributed by atoms with Crippen LogP contribution >= 0.6 is 17.0 Å². The number of hydrogen-bond acceptors (Lipinski definition) is 1. The Kier molecular flexibility index (Phi) is 6.33. The highest BCUT2D eigenvalue weighted by atomic mass is 79.9. The van der Waals surface area contributed by atoms with Gasteiger partial charge in [0.2, 0.25) is 0 Å². The second-order valence-electron chi connectivity index (χ2n) is 6.63. The maximum absolute atomic E-state index is 11.0. The van der Waals surface area contributed by atoms with E-state index in [2.05, 4.69) is 67.6 Å². The van der Waals surface area contributed by atoms with Crippen molar-refractivity contribution in [1.82, 2.24) is 0 Å². The van der Waals surface area contributed by atoms with Crippen molar-refractivity contribution in [1.29, 1.82) is 0 Å². The number of aryl methyl sites for hydroxylation is 1. The molecule has 0 unspecified atom stereocenters. The van der Waals surface area contributed by atoms with E-state index in [0.29, 0.717) is 5.75 Å². The number of halogens is 1. The molecule has 1 nitrogen and oxygen atoms in total. The molecule has 0 amide bonds. The molecule has 0 fully saturated rings. The van der Waals surface area contributed by atoms with Gasteiger partial charge < -0.3 is 5.11 Å². The van der Waals surface area contributed by atoms with E-state index in [1.807, 2.05) is 36.4 Å². The van der Waals surface area contributed by atoms with Crippen LogP contribution < -0.4 is 0 Å². The van der Waals surface area contributed by atoms with E-state index in [0.717, 1.165) is 34.2 Å². The molecule has 0 radical (unpaired) electrons. The molecule has 4 aromatic carbocycles. The molecule has 0 aromatic heterocycles. The van der Waals surface area contributed by atoms with E-state index in [1.165, 1.54) is 11.1 Å². The van der Waals surface area contributed by atoms with Crippen LogP contribution in [0.15, 0.2) is 97.1 Å². The van der Waals surface area contributed by atoms with Gasteiger partial charge in [0.05, 0.1) is 0 Å². The van der Waals surface area contributed by atoms with Gasteiger partial charge in [-0.1, -0.05) is 97.9 Å². The summed E-state index contributed by atoms with van der Waals surface area (Å²) in [6.07, 6.45) is 0.854. The van der Waals surface area contributed by atoms with Crippen molar-refractivity contribution >= 4 is 17.0 Å². The molecule has 0 aliphatic heterocycles. The van der Waals surface area contributed by atoms with Crippen molar-refractivity contribution < 1.29 is 5.11 Å². The Balaban J connectivity index is 0.00000225. The fourth-order valence-electron chi connectivity index (χ4n) is 3.73. The van der Waals surface area contributed by atoms with Gasteiger partial charge in [-0.15, -0.1) is 17.0 Å². The fourth-order valence-corrected chi connectivity index (χ4v) is 3.73. The van der Waals surface area contributed by atoms with Gasteiger partial charge >= 0.3 is 0 Å². The lowest BCUT2D eigenvalue weighted by molar-refractivity contribution is 0.477. The molecule has 0 heterocycles. The monoisotopic (exact) mass is 430 g/mol. The Morgan fingerprint density at radius 2 is 0.964 bits per heavy atom. The summed E-state index contributed by atoms with van der Waals surface area (Å²) in [5.41, 5.74) is 7.63. The van der Waals surface area contributed by atoms with Crippen molar-refractivity contribution in [3.8, 4) is 39.1 Å². The van der Waals surface area contributed by atoms with Crippen LogP contribution in [0.3, 0.4) is 0 Å². The Morgan fingerprint density at radius 3 is 1.39 bits per heavy atom. The maximum Gasteiger partial charge on any atom is 0.124 e. The molecule has 4 rings (SSSR count). The molecule has 0 saturated heterocycles. The van der Waals surface area contributed by atoms with Crippen molar-refractivity contribution in [2.45, 2.75) is 13.3 Å². The zero-order chi connectivity index (χ0) is 18.6. The first-order valence-corrected chi connectivity index (χ1v) is 9.34. The van der Waals surface area contributed by atoms with E-state index < -0.39 is 0 Å². The molecule has 0 bridgehead atoms. The SMILES string of the molecule is Br.CCc1cc(O)c(-c2ccccc2)c(-c2ccccc2)c1-c1ccccc1. The quantitative estimate of drug-likeness (QED) is 0.354. The lowest BCUT2D eigenvalue weighted by Gasteiger charge is -2.21. The standard InChI is InChI=1S/C26H22O.BrH/c1-2-19-18-23(27)25(21-14-8-4-9-15-21)26(22-16-10-5-11-17-22)24(19)20-12-6-3-7-13-20;/h3-18,27H,2H2,1H3;1H. The average molecular weight is 431 g/mol. The van der Waals surface area contributed by atoms with Crippen molar-refractivity contribution in [2.24, 2.45) is 0 Å². The van der Waals surface area contributed by atoms with Crippen molar-refractivity contribution in [3.05, 3.63) is 103 Å².